The van der Waals surface area contributed by atoms with Gasteiger partial charge in [-0.05, 0) is 6.07 Å². The molecule has 35 heavy (non-hydrogen) atoms. The highest BCUT2D eigenvalue weighted by Crippen LogP contribution is 2.36. The molecule has 0 aromatic heterocycles. The Labute approximate surface area is 197 Å². The summed E-state index contributed by atoms with van der Waals surface area (Å²) in [6.45, 7) is -3.84. The largest absolute Gasteiger partial charge is 0.503 e. The fourth-order valence-corrected chi connectivity index (χ4v) is 3.82. The van der Waals surface area contributed by atoms with E-state index in [0.29, 0.717) is 6.07 Å². The number of ether oxygens (including phenoxy) is 1. The summed E-state index contributed by atoms with van der Waals surface area (Å²) in [5, 5.41) is 36.7. The Kier molecular flexibility index (Phi) is 10.1. The molecule has 0 spiro atoms. The van der Waals surface area contributed by atoms with E-state index in [1.54, 1.807) is 0 Å². The molecule has 1 rings (SSSR count). The summed E-state index contributed by atoms with van der Waals surface area (Å²) in [4.78, 5) is 44.3. The lowest BCUT2D eigenvalue weighted by atomic mass is 10.3. The SMILES string of the molecule is O=C(O)CN(CCN(CC(=O)O)CC(=O)Oc1cc(S(=O)(=O)O)cc(S(=O)(=O)O)c1O)CC(=O)O. The topological polar surface area (TPSA) is 274 Å². The fraction of sp³-hybridized carbons (Fsp3) is 0.375. The molecule has 0 bridgehead atoms. The van der Waals surface area contributed by atoms with Gasteiger partial charge in [0, 0.05) is 19.2 Å². The minimum atomic E-state index is -5.26. The maximum atomic E-state index is 12.3. The van der Waals surface area contributed by atoms with Gasteiger partial charge in [0.25, 0.3) is 20.2 Å². The molecule has 0 radical (unpaired) electrons. The van der Waals surface area contributed by atoms with E-state index in [4.69, 9.17) is 24.4 Å². The smallest absolute Gasteiger partial charge is 0.325 e. The molecule has 196 valence electrons. The third-order valence-electron chi connectivity index (χ3n) is 3.97. The Balaban J connectivity index is 3.15. The van der Waals surface area contributed by atoms with Crippen LogP contribution in [0.4, 0.5) is 0 Å². The molecule has 0 aliphatic carbocycles. The Morgan fingerprint density at radius 3 is 1.54 bits per heavy atom. The van der Waals surface area contributed by atoms with Crippen LogP contribution in [0, 0.1) is 0 Å². The first-order valence-electron chi connectivity index (χ1n) is 9.03. The summed E-state index contributed by atoms with van der Waals surface area (Å²) in [5.41, 5.74) is 0. The summed E-state index contributed by atoms with van der Waals surface area (Å²) in [7, 11) is -10.4. The maximum absolute atomic E-state index is 12.3. The van der Waals surface area contributed by atoms with Crippen molar-refractivity contribution in [1.82, 2.24) is 9.80 Å². The Bertz CT molecular complexity index is 1190. The van der Waals surface area contributed by atoms with Crippen LogP contribution in [0.15, 0.2) is 21.9 Å². The molecular formula is C16H20N2O15S2. The number of rotatable bonds is 14. The predicted molar refractivity (Wildman–Crippen MR) is 109 cm³/mol. The Hall–Kier alpha value is -3.36. The highest BCUT2D eigenvalue weighted by atomic mass is 32.2. The van der Waals surface area contributed by atoms with E-state index < -0.39 is 91.6 Å². The number of carbonyl (C=O) groups excluding carboxylic acids is 1. The van der Waals surface area contributed by atoms with Crippen molar-refractivity contribution in [1.29, 1.82) is 0 Å². The third kappa shape index (κ3) is 10.2. The first-order valence-corrected chi connectivity index (χ1v) is 11.9. The number of hydrogen-bond acceptors (Lipinski definition) is 12. The van der Waals surface area contributed by atoms with E-state index in [0.717, 1.165) is 9.80 Å². The van der Waals surface area contributed by atoms with Gasteiger partial charge in [-0.3, -0.25) is 38.1 Å². The number of phenols is 1. The first-order chi connectivity index (χ1) is 15.9. The lowest BCUT2D eigenvalue weighted by Crippen LogP contribution is -2.43. The van der Waals surface area contributed by atoms with Gasteiger partial charge in [-0.2, -0.15) is 16.8 Å². The first kappa shape index (κ1) is 29.7. The van der Waals surface area contributed by atoms with E-state index in [2.05, 4.69) is 4.74 Å². The molecule has 1 aromatic rings. The van der Waals surface area contributed by atoms with E-state index >= 15 is 0 Å². The quantitative estimate of drug-likeness (QED) is 0.0812. The average Bonchev–Trinajstić information content (AvgIpc) is 2.64. The number of hydrogen-bond donors (Lipinski definition) is 6. The number of carboxylic acid groups (broad SMARTS) is 3. The molecule has 0 fully saturated rings. The van der Waals surface area contributed by atoms with Crippen molar-refractivity contribution >= 4 is 44.1 Å². The van der Waals surface area contributed by atoms with Gasteiger partial charge in [-0.25, -0.2) is 0 Å². The number of nitrogens with zero attached hydrogens (tertiary/aromatic N) is 2. The van der Waals surface area contributed by atoms with Crippen molar-refractivity contribution in [2.45, 2.75) is 9.79 Å². The van der Waals surface area contributed by atoms with Gasteiger partial charge in [0.05, 0.1) is 31.1 Å². The zero-order chi connectivity index (χ0) is 27.1. The number of phenolic OH excluding ortho intramolecular Hbond substituents is 1. The fourth-order valence-electron chi connectivity index (χ4n) is 2.60. The van der Waals surface area contributed by atoms with Crippen LogP contribution in [-0.2, 0) is 39.4 Å². The second-order valence-corrected chi connectivity index (χ2v) is 9.61. The van der Waals surface area contributed by atoms with Crippen molar-refractivity contribution < 1.29 is 70.3 Å². The van der Waals surface area contributed by atoms with Gasteiger partial charge in [-0.1, -0.05) is 0 Å². The summed E-state index contributed by atoms with van der Waals surface area (Å²) < 4.78 is 68.5. The normalized spacial score (nSPS) is 12.0. The summed E-state index contributed by atoms with van der Waals surface area (Å²) in [6, 6.07) is 0.549. The van der Waals surface area contributed by atoms with Gasteiger partial charge >= 0.3 is 23.9 Å². The van der Waals surface area contributed by atoms with Crippen LogP contribution < -0.4 is 4.74 Å². The lowest BCUT2D eigenvalue weighted by molar-refractivity contribution is -0.144. The molecule has 17 nitrogen and oxygen atoms in total. The molecular weight excluding hydrogens is 524 g/mol. The Morgan fingerprint density at radius 2 is 1.17 bits per heavy atom. The Morgan fingerprint density at radius 1 is 0.743 bits per heavy atom. The number of benzene rings is 1. The summed E-state index contributed by atoms with van der Waals surface area (Å²) in [5.74, 6) is -8.10. The van der Waals surface area contributed by atoms with Gasteiger partial charge in [-0.15, -0.1) is 0 Å². The second kappa shape index (κ2) is 11.9. The van der Waals surface area contributed by atoms with Crippen LogP contribution in [0.25, 0.3) is 0 Å². The van der Waals surface area contributed by atoms with Crippen LogP contribution in [0.3, 0.4) is 0 Å². The van der Waals surface area contributed by atoms with Crippen molar-refractivity contribution in [3.63, 3.8) is 0 Å². The van der Waals surface area contributed by atoms with Crippen LogP contribution in [0.1, 0.15) is 0 Å². The second-order valence-electron chi connectivity index (χ2n) is 6.79. The minimum absolute atomic E-state index is 0.188. The molecule has 0 unspecified atom stereocenters. The van der Waals surface area contributed by atoms with E-state index in [1.807, 2.05) is 0 Å². The van der Waals surface area contributed by atoms with E-state index in [9.17, 15) is 41.1 Å². The average molecular weight is 544 g/mol. The summed E-state index contributed by atoms with van der Waals surface area (Å²) in [6.07, 6.45) is 0. The summed E-state index contributed by atoms with van der Waals surface area (Å²) >= 11 is 0. The van der Waals surface area contributed by atoms with Crippen LogP contribution >= 0.6 is 0 Å². The van der Waals surface area contributed by atoms with Crippen LogP contribution in [-0.4, -0.2) is 119 Å². The number of carboxylic acids is 3. The van der Waals surface area contributed by atoms with Crippen LogP contribution in [0.5, 0.6) is 11.5 Å². The van der Waals surface area contributed by atoms with E-state index in [1.165, 1.54) is 0 Å². The molecule has 0 heterocycles. The third-order valence-corrected chi connectivity index (χ3v) is 5.67. The predicted octanol–water partition coefficient (Wildman–Crippen LogP) is -2.35. The monoisotopic (exact) mass is 544 g/mol. The zero-order valence-corrected chi connectivity index (χ0v) is 19.1. The lowest BCUT2D eigenvalue weighted by Gasteiger charge is -2.24. The number of esters is 1. The van der Waals surface area contributed by atoms with Gasteiger partial charge in [0.1, 0.15) is 4.90 Å². The van der Waals surface area contributed by atoms with Crippen molar-refractivity contribution in [2.75, 3.05) is 39.3 Å². The van der Waals surface area contributed by atoms with Crippen molar-refractivity contribution in [2.24, 2.45) is 0 Å². The van der Waals surface area contributed by atoms with Gasteiger partial charge < -0.3 is 25.2 Å². The van der Waals surface area contributed by atoms with Crippen molar-refractivity contribution in [3.8, 4) is 11.5 Å². The van der Waals surface area contributed by atoms with Gasteiger partial charge in [0.2, 0.25) is 0 Å². The molecule has 6 N–H and O–H groups in total. The molecule has 0 atom stereocenters. The molecule has 0 aliphatic heterocycles. The molecule has 0 saturated carbocycles. The highest BCUT2D eigenvalue weighted by molar-refractivity contribution is 7.86. The highest BCUT2D eigenvalue weighted by Gasteiger charge is 2.27. The van der Waals surface area contributed by atoms with Gasteiger partial charge in [0.15, 0.2) is 11.5 Å². The molecule has 0 saturated heterocycles. The zero-order valence-electron chi connectivity index (χ0n) is 17.5. The number of aromatic hydroxyl groups is 1. The number of aliphatic carboxylic acids is 3. The van der Waals surface area contributed by atoms with Crippen molar-refractivity contribution in [3.05, 3.63) is 12.1 Å². The number of carbonyl (C=O) groups is 4. The molecule has 19 heteroatoms. The standard InChI is InChI=1S/C16H20N2O15S2/c19-12(20)5-17(6-13(21)22)1-2-18(7-14(23)24)8-15(25)33-10-3-9(34(27,28)29)4-11(16(10)26)35(30,31)32/h3-4,26H,1-2,5-8H2,(H,19,20)(H,21,22)(H,23,24)(H,27,28,29)(H,30,31,32). The molecule has 0 amide bonds. The molecule has 0 aliphatic rings. The minimum Gasteiger partial charge on any atom is -0.503 e. The molecule has 1 aromatic carbocycles. The van der Waals surface area contributed by atoms with Crippen LogP contribution in [0.2, 0.25) is 0 Å². The maximum Gasteiger partial charge on any atom is 0.325 e. The van der Waals surface area contributed by atoms with E-state index in [-0.39, 0.29) is 19.2 Å².